The van der Waals surface area contributed by atoms with E-state index in [2.05, 4.69) is 10.3 Å². The van der Waals surface area contributed by atoms with Crippen LogP contribution in [0.15, 0.2) is 52.2 Å². The predicted octanol–water partition coefficient (Wildman–Crippen LogP) is 1.99. The highest BCUT2D eigenvalue weighted by atomic mass is 32.2. The van der Waals surface area contributed by atoms with Gasteiger partial charge in [0.05, 0.1) is 26.1 Å². The second-order valence-corrected chi connectivity index (χ2v) is 9.43. The zero-order valence-corrected chi connectivity index (χ0v) is 16.7. The summed E-state index contributed by atoms with van der Waals surface area (Å²) in [7, 11) is -1.66. The van der Waals surface area contributed by atoms with Crippen molar-refractivity contribution in [2.24, 2.45) is 7.05 Å². The van der Waals surface area contributed by atoms with Crippen LogP contribution in [0.2, 0.25) is 0 Å². The van der Waals surface area contributed by atoms with Gasteiger partial charge in [0.1, 0.15) is 6.54 Å². The minimum atomic E-state index is -3.32. The van der Waals surface area contributed by atoms with Gasteiger partial charge in [0, 0.05) is 13.3 Å². The van der Waals surface area contributed by atoms with Crippen molar-refractivity contribution in [1.29, 1.82) is 0 Å². The Morgan fingerprint density at radius 1 is 1.18 bits per heavy atom. The zero-order valence-electron chi connectivity index (χ0n) is 15.0. The van der Waals surface area contributed by atoms with E-state index >= 15 is 0 Å². The van der Waals surface area contributed by atoms with Crippen LogP contribution in [0.3, 0.4) is 0 Å². The van der Waals surface area contributed by atoms with E-state index in [0.717, 1.165) is 11.8 Å². The quantitative estimate of drug-likeness (QED) is 0.548. The topological polar surface area (TPSA) is 103 Å². The molecule has 0 atom stereocenters. The second kappa shape index (κ2) is 6.57. The number of fused-ring (bicyclic) bond motifs is 2. The first-order valence-corrected chi connectivity index (χ1v) is 11.0. The number of nitrogens with one attached hydrogen (secondary N) is 1. The lowest BCUT2D eigenvalue weighted by Crippen LogP contribution is -2.28. The summed E-state index contributed by atoms with van der Waals surface area (Å²) in [4.78, 5) is 29.4. The number of aryl methyl sites for hydroxylation is 1. The molecule has 0 aliphatic rings. The molecule has 0 aliphatic carbocycles. The Bertz CT molecular complexity index is 1400. The monoisotopic (exact) mass is 416 g/mol. The van der Waals surface area contributed by atoms with E-state index in [1.165, 1.54) is 32.6 Å². The number of carbonyl (C=O) groups is 1. The van der Waals surface area contributed by atoms with Crippen LogP contribution in [-0.2, 0) is 28.2 Å². The number of hydrogen-bond acceptors (Lipinski definition) is 6. The molecule has 4 rings (SSSR count). The number of para-hydroxylation sites is 2. The molecule has 2 aromatic carbocycles. The molecular weight excluding hydrogens is 400 g/mol. The summed E-state index contributed by atoms with van der Waals surface area (Å²) in [5, 5.41) is 3.04. The van der Waals surface area contributed by atoms with Crippen LogP contribution < -0.4 is 11.0 Å². The molecule has 28 heavy (non-hydrogen) atoms. The van der Waals surface area contributed by atoms with Crippen LogP contribution in [0.5, 0.6) is 0 Å². The Labute approximate surface area is 164 Å². The summed E-state index contributed by atoms with van der Waals surface area (Å²) in [5.41, 5.74) is 1.73. The lowest BCUT2D eigenvalue weighted by Gasteiger charge is -2.03. The standard InChI is InChI=1S/C18H16N4O4S2/c1-21-13-5-3-4-6-14(13)22(18(21)24)10-16(23)20-17-19-12-8-7-11(28(2,25)26)9-15(12)27-17/h3-9H,10H2,1-2H3,(H,19,20,23). The summed E-state index contributed by atoms with van der Waals surface area (Å²) >= 11 is 1.18. The Morgan fingerprint density at radius 3 is 2.61 bits per heavy atom. The molecule has 0 spiro atoms. The van der Waals surface area contributed by atoms with Gasteiger partial charge in [-0.25, -0.2) is 18.2 Å². The van der Waals surface area contributed by atoms with Crippen molar-refractivity contribution in [2.75, 3.05) is 11.6 Å². The number of aromatic nitrogens is 3. The summed E-state index contributed by atoms with van der Waals surface area (Å²) in [5.74, 6) is -0.388. The highest BCUT2D eigenvalue weighted by molar-refractivity contribution is 7.90. The molecule has 2 heterocycles. The normalized spacial score (nSPS) is 11.9. The zero-order chi connectivity index (χ0) is 20.1. The number of amides is 1. The number of sulfone groups is 1. The molecule has 2 aromatic heterocycles. The molecular formula is C18H16N4O4S2. The van der Waals surface area contributed by atoms with Crippen molar-refractivity contribution in [2.45, 2.75) is 11.4 Å². The lowest BCUT2D eigenvalue weighted by molar-refractivity contribution is -0.116. The molecule has 0 aliphatic heterocycles. The molecule has 0 unspecified atom stereocenters. The first-order chi connectivity index (χ1) is 13.2. The average molecular weight is 416 g/mol. The molecule has 0 radical (unpaired) electrons. The fourth-order valence-corrected chi connectivity index (χ4v) is 4.65. The number of hydrogen-bond donors (Lipinski definition) is 1. The van der Waals surface area contributed by atoms with Gasteiger partial charge in [-0.2, -0.15) is 0 Å². The number of thiazole rings is 1. The van der Waals surface area contributed by atoms with Gasteiger partial charge >= 0.3 is 5.69 Å². The van der Waals surface area contributed by atoms with Crippen LogP contribution in [-0.4, -0.2) is 34.7 Å². The van der Waals surface area contributed by atoms with E-state index in [0.29, 0.717) is 20.9 Å². The van der Waals surface area contributed by atoms with Crippen molar-refractivity contribution in [3.05, 3.63) is 52.9 Å². The van der Waals surface area contributed by atoms with Gasteiger partial charge in [-0.3, -0.25) is 13.9 Å². The molecule has 1 amide bonds. The summed E-state index contributed by atoms with van der Waals surface area (Å²) < 4.78 is 26.9. The molecule has 0 bridgehead atoms. The number of anilines is 1. The average Bonchev–Trinajstić information content (AvgIpc) is 3.14. The molecule has 144 valence electrons. The molecule has 0 fully saturated rings. The fraction of sp³-hybridized carbons (Fsp3) is 0.167. The minimum absolute atomic E-state index is 0.148. The van der Waals surface area contributed by atoms with Crippen molar-refractivity contribution in [3.63, 3.8) is 0 Å². The van der Waals surface area contributed by atoms with Crippen LogP contribution >= 0.6 is 11.3 Å². The third-order valence-corrected chi connectivity index (χ3v) is 6.43. The highest BCUT2D eigenvalue weighted by Crippen LogP contribution is 2.28. The SMILES string of the molecule is Cn1c(=O)n(CC(=O)Nc2nc3ccc(S(C)(=O)=O)cc3s2)c2ccccc21. The Morgan fingerprint density at radius 2 is 1.89 bits per heavy atom. The van der Waals surface area contributed by atoms with E-state index < -0.39 is 9.84 Å². The Balaban J connectivity index is 1.61. The number of imidazole rings is 1. The van der Waals surface area contributed by atoms with E-state index in [1.54, 1.807) is 19.2 Å². The molecule has 1 N–H and O–H groups in total. The summed E-state index contributed by atoms with van der Waals surface area (Å²) in [6.07, 6.45) is 1.14. The Hall–Kier alpha value is -2.98. The first kappa shape index (κ1) is 18.4. The van der Waals surface area contributed by atoms with Gasteiger partial charge in [0.25, 0.3) is 0 Å². The van der Waals surface area contributed by atoms with Crippen molar-refractivity contribution < 1.29 is 13.2 Å². The van der Waals surface area contributed by atoms with E-state index in [9.17, 15) is 18.0 Å². The van der Waals surface area contributed by atoms with E-state index in [4.69, 9.17) is 0 Å². The van der Waals surface area contributed by atoms with Gasteiger partial charge in [-0.15, -0.1) is 0 Å². The van der Waals surface area contributed by atoms with Gasteiger partial charge in [0.15, 0.2) is 15.0 Å². The molecule has 10 heteroatoms. The van der Waals surface area contributed by atoms with E-state index in [1.807, 2.05) is 18.2 Å². The predicted molar refractivity (Wildman–Crippen MR) is 109 cm³/mol. The van der Waals surface area contributed by atoms with Gasteiger partial charge in [0.2, 0.25) is 5.91 Å². The van der Waals surface area contributed by atoms with Gasteiger partial charge < -0.3 is 5.32 Å². The third kappa shape index (κ3) is 3.20. The number of carbonyl (C=O) groups excluding carboxylic acids is 1. The molecule has 0 saturated carbocycles. The fourth-order valence-electron chi connectivity index (χ4n) is 3.01. The molecule has 4 aromatic rings. The van der Waals surface area contributed by atoms with Crippen molar-refractivity contribution >= 4 is 53.5 Å². The maximum absolute atomic E-state index is 12.5. The Kier molecular flexibility index (Phi) is 4.31. The summed E-state index contributed by atoms with van der Waals surface area (Å²) in [6, 6.07) is 11.9. The van der Waals surface area contributed by atoms with Crippen LogP contribution in [0.25, 0.3) is 21.3 Å². The highest BCUT2D eigenvalue weighted by Gasteiger charge is 2.15. The smallest absolute Gasteiger partial charge is 0.300 e. The van der Waals surface area contributed by atoms with Crippen LogP contribution in [0.1, 0.15) is 0 Å². The number of benzene rings is 2. The van der Waals surface area contributed by atoms with Gasteiger partial charge in [-0.1, -0.05) is 23.5 Å². The number of nitrogens with zero attached hydrogens (tertiary/aromatic N) is 3. The minimum Gasteiger partial charge on any atom is -0.300 e. The third-order valence-electron chi connectivity index (χ3n) is 4.39. The van der Waals surface area contributed by atoms with Crippen molar-refractivity contribution in [1.82, 2.24) is 14.1 Å². The number of rotatable bonds is 4. The lowest BCUT2D eigenvalue weighted by atomic mass is 10.3. The first-order valence-electron chi connectivity index (χ1n) is 8.29. The summed E-state index contributed by atoms with van der Waals surface area (Å²) in [6.45, 7) is -0.148. The molecule has 0 saturated heterocycles. The van der Waals surface area contributed by atoms with E-state index in [-0.39, 0.29) is 23.0 Å². The van der Waals surface area contributed by atoms with Crippen molar-refractivity contribution in [3.8, 4) is 0 Å². The molecule has 8 nitrogen and oxygen atoms in total. The van der Waals surface area contributed by atoms with Gasteiger partial charge in [-0.05, 0) is 30.3 Å². The van der Waals surface area contributed by atoms with Crippen LogP contribution in [0.4, 0.5) is 5.13 Å². The maximum Gasteiger partial charge on any atom is 0.329 e. The largest absolute Gasteiger partial charge is 0.329 e. The maximum atomic E-state index is 12.5. The van der Waals surface area contributed by atoms with Crippen LogP contribution in [0, 0.1) is 0 Å². The second-order valence-electron chi connectivity index (χ2n) is 6.39.